The van der Waals surface area contributed by atoms with E-state index >= 15 is 0 Å². The molecule has 92 valence electrons. The number of likely N-dealkylation sites (tertiary alicyclic amines) is 1. The van der Waals surface area contributed by atoms with Gasteiger partial charge >= 0.3 is 5.97 Å². The third-order valence-corrected chi connectivity index (χ3v) is 3.02. The molecule has 6 nitrogen and oxygen atoms in total. The number of carboxylic acids is 1. The van der Waals surface area contributed by atoms with Gasteiger partial charge in [0.2, 0.25) is 5.91 Å². The second-order valence-electron chi connectivity index (χ2n) is 4.28. The van der Waals surface area contributed by atoms with Crippen molar-refractivity contribution in [3.05, 3.63) is 18.0 Å². The summed E-state index contributed by atoms with van der Waals surface area (Å²) in [7, 11) is 0. The molecule has 0 radical (unpaired) electrons. The normalized spacial score (nSPS) is 20.2. The highest BCUT2D eigenvalue weighted by Crippen LogP contribution is 2.17. The third kappa shape index (κ3) is 2.83. The van der Waals surface area contributed by atoms with Crippen molar-refractivity contribution in [3.8, 4) is 0 Å². The van der Waals surface area contributed by atoms with E-state index in [4.69, 9.17) is 5.11 Å². The van der Waals surface area contributed by atoms with E-state index in [-0.39, 0.29) is 12.3 Å². The van der Waals surface area contributed by atoms with Crippen molar-refractivity contribution < 1.29 is 14.7 Å². The van der Waals surface area contributed by atoms with Crippen LogP contribution in [0.1, 0.15) is 18.5 Å². The molecule has 1 saturated heterocycles. The summed E-state index contributed by atoms with van der Waals surface area (Å²) < 4.78 is 0. The number of H-pyrrole nitrogens is 1. The average Bonchev–Trinajstić information content (AvgIpc) is 2.82. The van der Waals surface area contributed by atoms with E-state index in [0.29, 0.717) is 19.5 Å². The maximum atomic E-state index is 11.9. The van der Waals surface area contributed by atoms with Gasteiger partial charge in [-0.1, -0.05) is 0 Å². The number of aromatic nitrogens is 2. The Kier molecular flexibility index (Phi) is 3.41. The molecule has 1 aromatic rings. The van der Waals surface area contributed by atoms with E-state index in [9.17, 15) is 9.59 Å². The lowest BCUT2D eigenvalue weighted by atomic mass is 9.98. The van der Waals surface area contributed by atoms with Crippen LogP contribution in [-0.2, 0) is 16.0 Å². The van der Waals surface area contributed by atoms with Gasteiger partial charge in [-0.15, -0.1) is 0 Å². The summed E-state index contributed by atoms with van der Waals surface area (Å²) >= 11 is 0. The van der Waals surface area contributed by atoms with Crippen molar-refractivity contribution in [1.29, 1.82) is 0 Å². The minimum Gasteiger partial charge on any atom is -0.481 e. The maximum absolute atomic E-state index is 11.9. The molecule has 6 heteroatoms. The second kappa shape index (κ2) is 4.99. The second-order valence-corrected chi connectivity index (χ2v) is 4.28. The van der Waals surface area contributed by atoms with Gasteiger partial charge in [-0.3, -0.25) is 14.7 Å². The highest BCUT2D eigenvalue weighted by atomic mass is 16.4. The fourth-order valence-corrected chi connectivity index (χ4v) is 2.06. The van der Waals surface area contributed by atoms with Gasteiger partial charge in [-0.2, -0.15) is 5.10 Å². The molecule has 2 rings (SSSR count). The Bertz CT molecular complexity index is 402. The molecular formula is C11H15N3O3. The van der Waals surface area contributed by atoms with Crippen molar-refractivity contribution in [2.24, 2.45) is 5.92 Å². The van der Waals surface area contributed by atoms with Crippen molar-refractivity contribution in [1.82, 2.24) is 15.1 Å². The maximum Gasteiger partial charge on any atom is 0.308 e. The van der Waals surface area contributed by atoms with Crippen LogP contribution in [0.4, 0.5) is 0 Å². The minimum absolute atomic E-state index is 0.0415. The summed E-state index contributed by atoms with van der Waals surface area (Å²) in [5.74, 6) is -1.28. The quantitative estimate of drug-likeness (QED) is 0.790. The number of hydrogen-bond acceptors (Lipinski definition) is 3. The van der Waals surface area contributed by atoms with Crippen molar-refractivity contribution >= 4 is 11.9 Å². The van der Waals surface area contributed by atoms with Gasteiger partial charge in [-0.25, -0.2) is 0 Å². The number of rotatable bonds is 3. The fourth-order valence-electron chi connectivity index (χ4n) is 2.06. The standard InChI is InChI=1S/C11H15N3O3/c15-10(6-9-3-4-12-13-9)14-5-1-2-8(7-14)11(16)17/h3-4,8H,1-2,5-7H2,(H,12,13)(H,16,17). The molecule has 1 atom stereocenters. The Morgan fingerprint density at radius 2 is 2.41 bits per heavy atom. The number of piperidine rings is 1. The fraction of sp³-hybridized carbons (Fsp3) is 0.545. The molecule has 1 amide bonds. The predicted octanol–water partition coefficient (Wildman–Crippen LogP) is 0.275. The zero-order chi connectivity index (χ0) is 12.3. The molecule has 2 heterocycles. The summed E-state index contributed by atoms with van der Waals surface area (Å²) in [6, 6.07) is 1.75. The Labute approximate surface area is 98.6 Å². The first-order valence-electron chi connectivity index (χ1n) is 5.65. The van der Waals surface area contributed by atoms with Crippen molar-refractivity contribution in [2.45, 2.75) is 19.3 Å². The lowest BCUT2D eigenvalue weighted by Gasteiger charge is -2.30. The third-order valence-electron chi connectivity index (χ3n) is 3.02. The minimum atomic E-state index is -0.816. The van der Waals surface area contributed by atoms with Gasteiger partial charge < -0.3 is 10.0 Å². The van der Waals surface area contributed by atoms with Crippen molar-refractivity contribution in [2.75, 3.05) is 13.1 Å². The molecule has 0 aliphatic carbocycles. The Balaban J connectivity index is 1.93. The van der Waals surface area contributed by atoms with Crippen LogP contribution in [0, 0.1) is 5.92 Å². The van der Waals surface area contributed by atoms with Crippen LogP contribution >= 0.6 is 0 Å². The molecule has 2 N–H and O–H groups in total. The number of amides is 1. The monoisotopic (exact) mass is 237 g/mol. The topological polar surface area (TPSA) is 86.3 Å². The van der Waals surface area contributed by atoms with Gasteiger partial charge in [0.25, 0.3) is 0 Å². The van der Waals surface area contributed by atoms with Gasteiger partial charge in [0.1, 0.15) is 0 Å². The van der Waals surface area contributed by atoms with E-state index in [1.54, 1.807) is 17.2 Å². The van der Waals surface area contributed by atoms with Gasteiger partial charge in [0, 0.05) is 25.0 Å². The van der Waals surface area contributed by atoms with Crippen LogP contribution in [0.25, 0.3) is 0 Å². The molecule has 1 aliphatic heterocycles. The zero-order valence-electron chi connectivity index (χ0n) is 9.43. The number of aromatic amines is 1. The summed E-state index contributed by atoms with van der Waals surface area (Å²) in [5, 5.41) is 15.4. The van der Waals surface area contributed by atoms with Crippen LogP contribution in [0.5, 0.6) is 0 Å². The number of nitrogens with zero attached hydrogens (tertiary/aromatic N) is 2. The molecule has 0 spiro atoms. The number of nitrogens with one attached hydrogen (secondary N) is 1. The summed E-state index contributed by atoms with van der Waals surface area (Å²) in [5.41, 5.74) is 0.757. The molecule has 1 unspecified atom stereocenters. The predicted molar refractivity (Wildman–Crippen MR) is 59.2 cm³/mol. The lowest BCUT2D eigenvalue weighted by molar-refractivity contribution is -0.145. The molecular weight excluding hydrogens is 222 g/mol. The number of carbonyl (C=O) groups excluding carboxylic acids is 1. The Morgan fingerprint density at radius 1 is 1.59 bits per heavy atom. The molecule has 1 aliphatic rings. The number of hydrogen-bond donors (Lipinski definition) is 2. The van der Waals surface area contributed by atoms with Gasteiger partial charge in [-0.05, 0) is 18.9 Å². The summed E-state index contributed by atoms with van der Waals surface area (Å²) in [4.78, 5) is 24.4. The Hall–Kier alpha value is -1.85. The Morgan fingerprint density at radius 3 is 3.06 bits per heavy atom. The van der Waals surface area contributed by atoms with E-state index in [1.165, 1.54) is 0 Å². The molecule has 1 fully saturated rings. The smallest absolute Gasteiger partial charge is 0.308 e. The molecule has 17 heavy (non-hydrogen) atoms. The van der Waals surface area contributed by atoms with E-state index in [0.717, 1.165) is 12.1 Å². The van der Waals surface area contributed by atoms with Crippen LogP contribution in [0.3, 0.4) is 0 Å². The number of carboxylic acid groups (broad SMARTS) is 1. The van der Waals surface area contributed by atoms with Crippen LogP contribution in [0.2, 0.25) is 0 Å². The van der Waals surface area contributed by atoms with E-state index in [1.807, 2.05) is 0 Å². The molecule has 0 saturated carbocycles. The molecule has 1 aromatic heterocycles. The van der Waals surface area contributed by atoms with E-state index < -0.39 is 11.9 Å². The van der Waals surface area contributed by atoms with Crippen LogP contribution < -0.4 is 0 Å². The lowest BCUT2D eigenvalue weighted by Crippen LogP contribution is -2.43. The molecule has 0 aromatic carbocycles. The molecule has 0 bridgehead atoms. The summed E-state index contributed by atoms with van der Waals surface area (Å²) in [6.07, 6.45) is 3.26. The number of aliphatic carboxylic acids is 1. The first-order valence-corrected chi connectivity index (χ1v) is 5.65. The SMILES string of the molecule is O=C(O)C1CCCN(C(=O)Cc2ccn[nH]2)C1. The van der Waals surface area contributed by atoms with Crippen molar-refractivity contribution in [3.63, 3.8) is 0 Å². The number of carbonyl (C=O) groups is 2. The van der Waals surface area contributed by atoms with Crippen LogP contribution in [0.15, 0.2) is 12.3 Å². The largest absolute Gasteiger partial charge is 0.481 e. The van der Waals surface area contributed by atoms with E-state index in [2.05, 4.69) is 10.2 Å². The van der Waals surface area contributed by atoms with Gasteiger partial charge in [0.05, 0.1) is 12.3 Å². The first-order chi connectivity index (χ1) is 8.16. The first kappa shape index (κ1) is 11.6. The highest BCUT2D eigenvalue weighted by molar-refractivity contribution is 5.79. The average molecular weight is 237 g/mol. The van der Waals surface area contributed by atoms with Gasteiger partial charge in [0.15, 0.2) is 0 Å². The van der Waals surface area contributed by atoms with Crippen LogP contribution in [-0.4, -0.2) is 45.2 Å². The summed E-state index contributed by atoms with van der Waals surface area (Å²) in [6.45, 7) is 0.971. The zero-order valence-corrected chi connectivity index (χ0v) is 9.43. The highest BCUT2D eigenvalue weighted by Gasteiger charge is 2.28.